The van der Waals surface area contributed by atoms with E-state index in [0.717, 1.165) is 31.9 Å². The van der Waals surface area contributed by atoms with E-state index in [2.05, 4.69) is 25.9 Å². The van der Waals surface area contributed by atoms with Crippen LogP contribution in [0.2, 0.25) is 0 Å². The van der Waals surface area contributed by atoms with Crippen molar-refractivity contribution in [1.82, 2.24) is 9.97 Å². The minimum Gasteiger partial charge on any atom is -0.394 e. The summed E-state index contributed by atoms with van der Waals surface area (Å²) in [5.41, 5.74) is 1.36. The minimum absolute atomic E-state index is 0.0286. The van der Waals surface area contributed by atoms with E-state index in [1.54, 1.807) is 6.07 Å². The fraction of sp³-hybridized carbons (Fsp3) is 0.476. The molecule has 0 unspecified atom stereocenters. The number of anilines is 4. The molecule has 1 heterocycles. The largest absolute Gasteiger partial charge is 0.394 e. The van der Waals surface area contributed by atoms with E-state index in [9.17, 15) is 14.3 Å². The zero-order valence-corrected chi connectivity index (χ0v) is 16.8. The van der Waals surface area contributed by atoms with E-state index in [1.165, 1.54) is 0 Å². The Morgan fingerprint density at radius 2 is 2.00 bits per heavy atom. The molecule has 156 valence electrons. The number of halogens is 1. The number of hydrogen-bond acceptors (Lipinski definition) is 6. The fourth-order valence-electron chi connectivity index (χ4n) is 3.36. The minimum atomic E-state index is -0.591. The van der Waals surface area contributed by atoms with Crippen LogP contribution in [0.15, 0.2) is 30.5 Å². The summed E-state index contributed by atoms with van der Waals surface area (Å²) in [6.45, 7) is 3.72. The Morgan fingerprint density at radius 3 is 2.69 bits per heavy atom. The van der Waals surface area contributed by atoms with Crippen molar-refractivity contribution in [2.45, 2.75) is 45.6 Å². The maximum atomic E-state index is 14.1. The van der Waals surface area contributed by atoms with Gasteiger partial charge in [0.25, 0.3) is 0 Å². The summed E-state index contributed by atoms with van der Waals surface area (Å²) < 4.78 is 14.1. The molecule has 1 saturated carbocycles. The fourth-order valence-corrected chi connectivity index (χ4v) is 3.36. The first-order valence-electron chi connectivity index (χ1n) is 10.0. The van der Waals surface area contributed by atoms with Crippen molar-refractivity contribution in [2.24, 2.45) is 11.8 Å². The Hall–Kier alpha value is -2.74. The van der Waals surface area contributed by atoms with Crippen LogP contribution in [-0.4, -0.2) is 33.6 Å². The Kier molecular flexibility index (Phi) is 6.98. The van der Waals surface area contributed by atoms with E-state index in [1.807, 2.05) is 32.0 Å². The molecule has 0 bridgehead atoms. The number of carbonyl (C=O) groups excluding carboxylic acids is 1. The standard InChI is InChI=1S/C21H28FN5O2/c1-13(2)18(12-28)26-19-17(22)11-23-21(27-19)25-16-9-5-8-15(10-16)24-20(29)14-6-3-4-7-14/h5,8-11,13-14,18,28H,3-4,6-7,12H2,1-2H3,(H,24,29)(H2,23,25,26,27)/t18-/m1/s1. The van der Waals surface area contributed by atoms with Gasteiger partial charge >= 0.3 is 0 Å². The molecule has 0 radical (unpaired) electrons. The van der Waals surface area contributed by atoms with Crippen molar-refractivity contribution in [2.75, 3.05) is 22.6 Å². The van der Waals surface area contributed by atoms with Crippen LogP contribution in [0.4, 0.5) is 27.5 Å². The van der Waals surface area contributed by atoms with E-state index < -0.39 is 5.82 Å². The van der Waals surface area contributed by atoms with E-state index >= 15 is 0 Å². The third kappa shape index (κ3) is 5.63. The molecule has 0 saturated heterocycles. The highest BCUT2D eigenvalue weighted by Gasteiger charge is 2.22. The number of nitrogens with zero attached hydrogens (tertiary/aromatic N) is 2. The first-order valence-corrected chi connectivity index (χ1v) is 10.0. The van der Waals surface area contributed by atoms with Gasteiger partial charge in [-0.05, 0) is 37.0 Å². The highest BCUT2D eigenvalue weighted by Crippen LogP contribution is 2.27. The predicted molar refractivity (Wildman–Crippen MR) is 112 cm³/mol. The van der Waals surface area contributed by atoms with Crippen LogP contribution in [0.3, 0.4) is 0 Å². The van der Waals surface area contributed by atoms with Crippen molar-refractivity contribution < 1.29 is 14.3 Å². The topological polar surface area (TPSA) is 99.2 Å². The molecule has 1 aromatic heterocycles. The van der Waals surface area contributed by atoms with Gasteiger partial charge in [0.05, 0.1) is 18.8 Å². The maximum Gasteiger partial charge on any atom is 0.229 e. The summed E-state index contributed by atoms with van der Waals surface area (Å²) >= 11 is 0. The lowest BCUT2D eigenvalue weighted by molar-refractivity contribution is -0.119. The molecular formula is C21H28FN5O2. The summed E-state index contributed by atoms with van der Waals surface area (Å²) in [7, 11) is 0. The number of rotatable bonds is 8. The number of aromatic nitrogens is 2. The molecule has 3 rings (SSSR count). The van der Waals surface area contributed by atoms with Gasteiger partial charge in [0.2, 0.25) is 11.9 Å². The van der Waals surface area contributed by atoms with Crippen molar-refractivity contribution in [3.63, 3.8) is 0 Å². The van der Waals surface area contributed by atoms with Crippen LogP contribution in [0.25, 0.3) is 0 Å². The number of benzene rings is 1. The number of nitrogens with one attached hydrogen (secondary N) is 3. The Balaban J connectivity index is 1.69. The predicted octanol–water partition coefficient (Wildman–Crippen LogP) is 3.92. The second kappa shape index (κ2) is 9.65. The monoisotopic (exact) mass is 401 g/mol. The van der Waals surface area contributed by atoms with Crippen molar-refractivity contribution in [3.8, 4) is 0 Å². The third-order valence-corrected chi connectivity index (χ3v) is 5.18. The van der Waals surface area contributed by atoms with Gasteiger partial charge in [-0.15, -0.1) is 0 Å². The van der Waals surface area contributed by atoms with Gasteiger partial charge in [-0.3, -0.25) is 4.79 Å². The molecular weight excluding hydrogens is 373 g/mol. The molecule has 1 amide bonds. The van der Waals surface area contributed by atoms with Gasteiger partial charge in [-0.1, -0.05) is 32.8 Å². The van der Waals surface area contributed by atoms with E-state index in [-0.39, 0.29) is 42.2 Å². The number of aliphatic hydroxyl groups is 1. The molecule has 1 aromatic carbocycles. The molecule has 2 aromatic rings. The average molecular weight is 401 g/mol. The highest BCUT2D eigenvalue weighted by molar-refractivity contribution is 5.93. The van der Waals surface area contributed by atoms with Gasteiger partial charge in [0.15, 0.2) is 11.6 Å². The van der Waals surface area contributed by atoms with Crippen LogP contribution in [0.1, 0.15) is 39.5 Å². The van der Waals surface area contributed by atoms with Crippen molar-refractivity contribution in [1.29, 1.82) is 0 Å². The molecule has 8 heteroatoms. The molecule has 1 aliphatic carbocycles. The lowest BCUT2D eigenvalue weighted by Gasteiger charge is -2.21. The zero-order valence-electron chi connectivity index (χ0n) is 16.8. The molecule has 4 N–H and O–H groups in total. The van der Waals surface area contributed by atoms with E-state index in [0.29, 0.717) is 11.4 Å². The lowest BCUT2D eigenvalue weighted by atomic mass is 10.1. The number of carbonyl (C=O) groups is 1. The van der Waals surface area contributed by atoms with Crippen LogP contribution < -0.4 is 16.0 Å². The van der Waals surface area contributed by atoms with Crippen LogP contribution in [-0.2, 0) is 4.79 Å². The molecule has 1 aliphatic rings. The van der Waals surface area contributed by atoms with Gasteiger partial charge in [-0.25, -0.2) is 9.37 Å². The second-order valence-corrected chi connectivity index (χ2v) is 7.74. The smallest absolute Gasteiger partial charge is 0.229 e. The van der Waals surface area contributed by atoms with Crippen molar-refractivity contribution >= 4 is 29.0 Å². The summed E-state index contributed by atoms with van der Waals surface area (Å²) in [6, 6.07) is 6.93. The SMILES string of the molecule is CC(C)[C@@H](CO)Nc1nc(Nc2cccc(NC(=O)C3CCCC3)c2)ncc1F. The maximum absolute atomic E-state index is 14.1. The normalized spacial score (nSPS) is 15.3. The number of aliphatic hydroxyl groups excluding tert-OH is 1. The lowest BCUT2D eigenvalue weighted by Crippen LogP contribution is -2.30. The average Bonchev–Trinajstić information content (AvgIpc) is 3.23. The van der Waals surface area contributed by atoms with Crippen molar-refractivity contribution in [3.05, 3.63) is 36.3 Å². The second-order valence-electron chi connectivity index (χ2n) is 7.74. The molecule has 29 heavy (non-hydrogen) atoms. The molecule has 7 nitrogen and oxygen atoms in total. The van der Waals surface area contributed by atoms with Gasteiger partial charge < -0.3 is 21.1 Å². The summed E-state index contributed by atoms with van der Waals surface area (Å²) in [6.07, 6.45) is 5.16. The first kappa shape index (κ1) is 21.0. The van der Waals surface area contributed by atoms with Crippen LogP contribution in [0.5, 0.6) is 0 Å². The quantitative estimate of drug-likeness (QED) is 0.535. The van der Waals surface area contributed by atoms with Gasteiger partial charge in [0.1, 0.15) is 0 Å². The Bertz CT molecular complexity index is 840. The summed E-state index contributed by atoms with van der Waals surface area (Å²) in [4.78, 5) is 20.5. The Morgan fingerprint density at radius 1 is 1.28 bits per heavy atom. The Labute approximate surface area is 170 Å². The molecule has 0 spiro atoms. The van der Waals surface area contributed by atoms with Crippen LogP contribution in [0, 0.1) is 17.7 Å². The third-order valence-electron chi connectivity index (χ3n) is 5.18. The summed E-state index contributed by atoms with van der Waals surface area (Å²) in [5, 5.41) is 18.4. The number of amides is 1. The zero-order chi connectivity index (χ0) is 20.8. The van der Waals surface area contributed by atoms with Gasteiger partial charge in [-0.2, -0.15) is 4.98 Å². The van der Waals surface area contributed by atoms with E-state index in [4.69, 9.17) is 0 Å². The number of hydrogen-bond donors (Lipinski definition) is 4. The highest BCUT2D eigenvalue weighted by atomic mass is 19.1. The molecule has 1 atom stereocenters. The first-order chi connectivity index (χ1) is 14.0. The molecule has 0 aliphatic heterocycles. The summed E-state index contributed by atoms with van der Waals surface area (Å²) in [5.74, 6) is -0.110. The van der Waals surface area contributed by atoms with Crippen LogP contribution >= 0.6 is 0 Å². The molecule has 1 fully saturated rings. The van der Waals surface area contributed by atoms with Gasteiger partial charge in [0, 0.05) is 17.3 Å².